The quantitative estimate of drug-likeness (QED) is 0.188. The van der Waals surface area contributed by atoms with E-state index in [2.05, 4.69) is 49.1 Å². The number of carbonyl (C=O) groups is 2. The SMILES string of the molecule is C=Cc1c(C=C)c2cc3[nH]c(cc4nc(cc5nc(cc1[nH]2)C(C)=C5CCC(=O)O)C(CCC(=O)O)=C4C)c(CC)c3CC. The molecular formula is C36H38N4O4. The lowest BCUT2D eigenvalue weighted by Gasteiger charge is -2.05. The van der Waals surface area contributed by atoms with Crippen molar-refractivity contribution in [3.63, 3.8) is 0 Å². The van der Waals surface area contributed by atoms with Gasteiger partial charge in [0.15, 0.2) is 0 Å². The minimum absolute atomic E-state index is 0.0299. The van der Waals surface area contributed by atoms with Gasteiger partial charge in [-0.3, -0.25) is 9.59 Å². The molecule has 0 radical (unpaired) electrons. The predicted octanol–water partition coefficient (Wildman–Crippen LogP) is 8.32. The number of aliphatic carboxylic acids is 2. The third-order valence-corrected chi connectivity index (χ3v) is 8.61. The molecule has 0 aliphatic carbocycles. The third-order valence-electron chi connectivity index (χ3n) is 8.61. The van der Waals surface area contributed by atoms with Crippen LogP contribution in [-0.4, -0.2) is 42.1 Å². The Morgan fingerprint density at radius 1 is 0.682 bits per heavy atom. The highest BCUT2D eigenvalue weighted by atomic mass is 16.4. The molecule has 8 heteroatoms. The van der Waals surface area contributed by atoms with Gasteiger partial charge in [0.05, 0.1) is 22.8 Å². The van der Waals surface area contributed by atoms with Crippen molar-refractivity contribution >= 4 is 68.4 Å². The Morgan fingerprint density at radius 2 is 1.09 bits per heavy atom. The summed E-state index contributed by atoms with van der Waals surface area (Å²) in [7, 11) is 0. The fourth-order valence-corrected chi connectivity index (χ4v) is 6.33. The molecule has 0 amide bonds. The Bertz CT molecular complexity index is 1950. The average molecular weight is 591 g/mol. The number of allylic oxidation sites excluding steroid dienone is 4. The van der Waals surface area contributed by atoms with E-state index >= 15 is 0 Å². The lowest BCUT2D eigenvalue weighted by molar-refractivity contribution is -0.137. The maximum atomic E-state index is 11.6. The predicted molar refractivity (Wildman–Crippen MR) is 179 cm³/mol. The van der Waals surface area contributed by atoms with E-state index in [9.17, 15) is 19.8 Å². The number of hydrogen-bond acceptors (Lipinski definition) is 4. The number of hydrogen-bond donors (Lipinski definition) is 4. The largest absolute Gasteiger partial charge is 0.481 e. The maximum Gasteiger partial charge on any atom is 0.303 e. The van der Waals surface area contributed by atoms with Crippen molar-refractivity contribution < 1.29 is 19.8 Å². The molecule has 0 fully saturated rings. The second kappa shape index (κ2) is 12.3. The molecule has 0 saturated carbocycles. The van der Waals surface area contributed by atoms with Gasteiger partial charge >= 0.3 is 11.9 Å². The normalized spacial score (nSPS) is 13.0. The number of aromatic amines is 2. The van der Waals surface area contributed by atoms with Crippen LogP contribution >= 0.6 is 0 Å². The Hall–Kier alpha value is -4.98. The maximum absolute atomic E-state index is 11.6. The van der Waals surface area contributed by atoms with Crippen molar-refractivity contribution in [3.8, 4) is 0 Å². The van der Waals surface area contributed by atoms with Crippen LogP contribution in [-0.2, 0) is 22.4 Å². The van der Waals surface area contributed by atoms with Crippen molar-refractivity contribution in [1.82, 2.24) is 19.9 Å². The average Bonchev–Trinajstić information content (AvgIpc) is 3.67. The van der Waals surface area contributed by atoms with E-state index in [1.165, 1.54) is 11.1 Å². The van der Waals surface area contributed by atoms with Crippen LogP contribution in [0.25, 0.3) is 56.5 Å². The number of nitrogens with zero attached hydrogens (tertiary/aromatic N) is 2. The molecule has 0 atom stereocenters. The summed E-state index contributed by atoms with van der Waals surface area (Å²) in [4.78, 5) is 40.4. The van der Waals surface area contributed by atoms with E-state index in [1.54, 1.807) is 6.08 Å². The summed E-state index contributed by atoms with van der Waals surface area (Å²) in [6.45, 7) is 16.4. The van der Waals surface area contributed by atoms with Crippen LogP contribution in [0.15, 0.2) is 37.4 Å². The number of carboxylic acids is 2. The topological polar surface area (TPSA) is 132 Å². The Morgan fingerprint density at radius 3 is 1.52 bits per heavy atom. The molecule has 5 rings (SSSR count). The van der Waals surface area contributed by atoms with Gasteiger partial charge in [-0.1, -0.05) is 39.2 Å². The van der Waals surface area contributed by atoms with E-state index in [4.69, 9.17) is 9.97 Å². The molecular weight excluding hydrogens is 552 g/mol. The number of fused-ring (bicyclic) bond motifs is 8. The molecule has 8 bridgehead atoms. The zero-order valence-electron chi connectivity index (χ0n) is 25.7. The van der Waals surface area contributed by atoms with Crippen molar-refractivity contribution in [2.75, 3.05) is 0 Å². The minimum Gasteiger partial charge on any atom is -0.481 e. The third kappa shape index (κ3) is 5.55. The van der Waals surface area contributed by atoms with E-state index < -0.39 is 11.9 Å². The molecule has 0 aromatic carbocycles. The summed E-state index contributed by atoms with van der Waals surface area (Å²) in [6.07, 6.45) is 5.85. The molecule has 3 aromatic rings. The highest BCUT2D eigenvalue weighted by Crippen LogP contribution is 2.38. The van der Waals surface area contributed by atoms with Crippen LogP contribution in [0.2, 0.25) is 0 Å². The summed E-state index contributed by atoms with van der Waals surface area (Å²) >= 11 is 0. The van der Waals surface area contributed by atoms with Crippen LogP contribution < -0.4 is 0 Å². The summed E-state index contributed by atoms with van der Waals surface area (Å²) in [5.74, 6) is -1.77. The van der Waals surface area contributed by atoms with Gasteiger partial charge in [0.25, 0.3) is 0 Å². The van der Waals surface area contributed by atoms with E-state index in [1.807, 2.05) is 32.1 Å². The van der Waals surface area contributed by atoms with Gasteiger partial charge in [-0.15, -0.1) is 0 Å². The Labute approximate surface area is 256 Å². The molecule has 2 aliphatic rings. The lowest BCUT2D eigenvalue weighted by Crippen LogP contribution is -1.97. The zero-order chi connectivity index (χ0) is 31.7. The van der Waals surface area contributed by atoms with Crippen LogP contribution in [0.1, 0.15) is 98.4 Å². The van der Waals surface area contributed by atoms with Crippen LogP contribution in [0.5, 0.6) is 0 Å². The first-order valence-corrected chi connectivity index (χ1v) is 15.0. The van der Waals surface area contributed by atoms with Gasteiger partial charge in [0, 0.05) is 46.0 Å². The smallest absolute Gasteiger partial charge is 0.303 e. The second-order valence-corrected chi connectivity index (χ2v) is 11.1. The van der Waals surface area contributed by atoms with E-state index in [-0.39, 0.29) is 12.8 Å². The zero-order valence-corrected chi connectivity index (χ0v) is 25.7. The summed E-state index contributed by atoms with van der Waals surface area (Å²) in [5, 5.41) is 19.0. The van der Waals surface area contributed by atoms with Crippen molar-refractivity contribution in [1.29, 1.82) is 0 Å². The lowest BCUT2D eigenvalue weighted by atomic mass is 9.98. The molecule has 8 nitrogen and oxygen atoms in total. The number of nitrogens with one attached hydrogen (secondary N) is 2. The molecule has 44 heavy (non-hydrogen) atoms. The standard InChI is InChI=1S/C36H38N4O4/c1-7-21-23(9-3)31-17-32-24(10-4)22(8-2)30(40-32)16-28-20(6)26(12-14-36(43)44)34(38-28)18-33-25(11-13-35(41)42)19(5)27(37-33)15-29(21)39-31/h7,9,15-18,39-40H,1,3,8,10-14H2,2,4-6H3,(H,41,42)(H,43,44). The van der Waals surface area contributed by atoms with Crippen molar-refractivity contribution in [3.05, 3.63) is 82.5 Å². The van der Waals surface area contributed by atoms with Crippen LogP contribution in [0, 0.1) is 0 Å². The molecule has 226 valence electrons. The molecule has 4 N–H and O–H groups in total. The summed E-state index contributed by atoms with van der Waals surface area (Å²) in [5.41, 5.74) is 14.2. The highest BCUT2D eigenvalue weighted by molar-refractivity contribution is 5.97. The first-order chi connectivity index (χ1) is 21.1. The first-order valence-electron chi connectivity index (χ1n) is 15.0. The van der Waals surface area contributed by atoms with Gasteiger partial charge < -0.3 is 20.2 Å². The van der Waals surface area contributed by atoms with E-state index in [0.29, 0.717) is 29.9 Å². The number of carboxylic acid groups (broad SMARTS) is 2. The fourth-order valence-electron chi connectivity index (χ4n) is 6.33. The van der Waals surface area contributed by atoms with Crippen molar-refractivity contribution in [2.45, 2.75) is 66.2 Å². The van der Waals surface area contributed by atoms with Crippen LogP contribution in [0.4, 0.5) is 0 Å². The molecule has 0 spiro atoms. The molecule has 5 heterocycles. The Kier molecular flexibility index (Phi) is 8.54. The highest BCUT2D eigenvalue weighted by Gasteiger charge is 2.23. The first kappa shape index (κ1) is 30.5. The fraction of sp³-hybridized carbons (Fsp3) is 0.278. The van der Waals surface area contributed by atoms with E-state index in [0.717, 1.165) is 74.0 Å². The van der Waals surface area contributed by atoms with Crippen LogP contribution in [0.3, 0.4) is 0 Å². The van der Waals surface area contributed by atoms with Gasteiger partial charge in [0.2, 0.25) is 0 Å². The number of H-pyrrole nitrogens is 2. The van der Waals surface area contributed by atoms with Gasteiger partial charge in [-0.2, -0.15) is 0 Å². The minimum atomic E-state index is -0.890. The number of rotatable bonds is 10. The van der Waals surface area contributed by atoms with Gasteiger partial charge in [-0.25, -0.2) is 9.97 Å². The molecule has 2 aliphatic heterocycles. The molecule has 0 unspecified atom stereocenters. The molecule has 0 saturated heterocycles. The van der Waals surface area contributed by atoms with Crippen molar-refractivity contribution in [2.24, 2.45) is 0 Å². The number of aryl methyl sites for hydroxylation is 2. The van der Waals surface area contributed by atoms with Gasteiger partial charge in [0.1, 0.15) is 0 Å². The Balaban J connectivity index is 1.96. The summed E-state index contributed by atoms with van der Waals surface area (Å²) in [6, 6.07) is 8.01. The summed E-state index contributed by atoms with van der Waals surface area (Å²) < 4.78 is 0. The molecule has 3 aromatic heterocycles. The monoisotopic (exact) mass is 590 g/mol. The second-order valence-electron chi connectivity index (χ2n) is 11.1. The van der Waals surface area contributed by atoms with Gasteiger partial charge in [-0.05, 0) is 97.2 Å². The number of aromatic nitrogens is 4.